The van der Waals surface area contributed by atoms with E-state index in [4.69, 9.17) is 21.1 Å². The van der Waals surface area contributed by atoms with Crippen LogP contribution in [0.1, 0.15) is 18.1 Å². The van der Waals surface area contributed by atoms with Crippen molar-refractivity contribution in [2.45, 2.75) is 26.2 Å². The molecule has 2 aromatic carbocycles. The first-order chi connectivity index (χ1) is 11.1. The highest BCUT2D eigenvalue weighted by Gasteiger charge is 2.07. The largest absolute Gasteiger partial charge is 1.00 e. The predicted molar refractivity (Wildman–Crippen MR) is 92.2 cm³/mol. The molecular weight excluding hydrogens is 349 g/mol. The molecule has 0 bridgehead atoms. The van der Waals surface area contributed by atoms with E-state index >= 15 is 0 Å². The third-order valence-corrected chi connectivity index (χ3v) is 3.56. The van der Waals surface area contributed by atoms with Crippen molar-refractivity contribution in [2.24, 2.45) is 0 Å². The van der Waals surface area contributed by atoms with Gasteiger partial charge >= 0.3 is 0 Å². The zero-order valence-electron chi connectivity index (χ0n) is 13.8. The summed E-state index contributed by atoms with van der Waals surface area (Å²) in [5, 5.41) is 13.1. The Kier molecular flexibility index (Phi) is 8.93. The second-order valence-corrected chi connectivity index (χ2v) is 5.82. The molecule has 0 aliphatic carbocycles. The van der Waals surface area contributed by atoms with Crippen LogP contribution in [0.2, 0.25) is 5.02 Å². The van der Waals surface area contributed by atoms with Crippen molar-refractivity contribution in [1.29, 1.82) is 0 Å². The summed E-state index contributed by atoms with van der Waals surface area (Å²) in [4.78, 5) is 0. The monoisotopic (exact) mass is 370 g/mol. The summed E-state index contributed by atoms with van der Waals surface area (Å²) in [7, 11) is 1.62. The fraction of sp³-hybridized carbons (Fsp3) is 0.333. The Morgan fingerprint density at radius 2 is 1.75 bits per heavy atom. The van der Waals surface area contributed by atoms with Gasteiger partial charge in [-0.3, -0.25) is 0 Å². The van der Waals surface area contributed by atoms with Gasteiger partial charge in [-0.2, -0.15) is 0 Å². The summed E-state index contributed by atoms with van der Waals surface area (Å²) >= 11 is 5.87. The molecule has 0 saturated carbocycles. The molecule has 6 heteroatoms. The lowest BCUT2D eigenvalue weighted by Gasteiger charge is -2.13. The van der Waals surface area contributed by atoms with Gasteiger partial charge < -0.3 is 32.3 Å². The average Bonchev–Trinajstić information content (AvgIpc) is 2.54. The minimum atomic E-state index is -0.362. The second-order valence-electron chi connectivity index (χ2n) is 5.38. The number of aliphatic hydroxyl groups is 1. The molecule has 2 rings (SSSR count). The molecule has 132 valence electrons. The van der Waals surface area contributed by atoms with Crippen LogP contribution >= 0.6 is 11.6 Å². The van der Waals surface area contributed by atoms with Crippen LogP contribution in [0.4, 0.5) is 0 Å². The molecule has 0 amide bonds. The number of hydrogen-bond acceptors (Lipinski definition) is 4. The molecule has 2 aromatic rings. The van der Waals surface area contributed by atoms with Gasteiger partial charge in [0.15, 0.2) is 11.5 Å². The maximum Gasteiger partial charge on any atom is 0.161 e. The van der Waals surface area contributed by atoms with E-state index in [9.17, 15) is 5.11 Å². The Hall–Kier alpha value is -1.46. The summed E-state index contributed by atoms with van der Waals surface area (Å²) < 4.78 is 11.2. The molecule has 0 aromatic heterocycles. The van der Waals surface area contributed by atoms with Gasteiger partial charge in [-0.1, -0.05) is 29.8 Å². The fourth-order valence-corrected chi connectivity index (χ4v) is 2.23. The van der Waals surface area contributed by atoms with Crippen molar-refractivity contribution in [3.8, 4) is 11.5 Å². The van der Waals surface area contributed by atoms with E-state index in [1.54, 1.807) is 14.0 Å². The number of benzene rings is 2. The summed E-state index contributed by atoms with van der Waals surface area (Å²) in [6.45, 7) is 3.42. The van der Waals surface area contributed by atoms with Crippen LogP contribution in [0.15, 0.2) is 42.5 Å². The Bertz CT molecular complexity index is 618. The van der Waals surface area contributed by atoms with Crippen LogP contribution in [0.3, 0.4) is 0 Å². The van der Waals surface area contributed by atoms with Gasteiger partial charge in [0.05, 0.1) is 13.2 Å². The van der Waals surface area contributed by atoms with Crippen LogP contribution in [0.5, 0.6) is 11.5 Å². The summed E-state index contributed by atoms with van der Waals surface area (Å²) in [5.41, 5.74) is 2.11. The van der Waals surface area contributed by atoms with Crippen molar-refractivity contribution in [3.63, 3.8) is 0 Å². The smallest absolute Gasteiger partial charge is 0.161 e. The van der Waals surface area contributed by atoms with E-state index < -0.39 is 0 Å². The van der Waals surface area contributed by atoms with Gasteiger partial charge in [0.25, 0.3) is 0 Å². The molecule has 24 heavy (non-hydrogen) atoms. The maximum atomic E-state index is 9.26. The van der Waals surface area contributed by atoms with Gasteiger partial charge in [0.2, 0.25) is 0 Å². The molecule has 0 fully saturated rings. The summed E-state index contributed by atoms with van der Waals surface area (Å²) in [6, 6.07) is 13.4. The molecule has 0 radical (unpaired) electrons. The van der Waals surface area contributed by atoms with Crippen molar-refractivity contribution in [2.75, 3.05) is 13.7 Å². The average molecular weight is 371 g/mol. The fourth-order valence-electron chi connectivity index (χ4n) is 2.11. The van der Waals surface area contributed by atoms with Crippen molar-refractivity contribution >= 4 is 11.6 Å². The van der Waals surface area contributed by atoms with Gasteiger partial charge in [-0.25, -0.2) is 0 Å². The number of ether oxygens (including phenoxy) is 2. The van der Waals surface area contributed by atoms with Crippen LogP contribution < -0.4 is 27.2 Å². The highest BCUT2D eigenvalue weighted by atomic mass is 35.5. The van der Waals surface area contributed by atoms with Gasteiger partial charge in [0, 0.05) is 18.1 Å². The zero-order valence-corrected chi connectivity index (χ0v) is 15.3. The molecule has 0 saturated heterocycles. The number of methoxy groups -OCH3 is 1. The van der Waals surface area contributed by atoms with Gasteiger partial charge in [0.1, 0.15) is 6.61 Å². The number of halogens is 2. The molecule has 0 aliphatic rings. The standard InChI is InChI=1S/C18H22ClNO3.ClH/c1-13(21)10-20-11-15-5-8-17(18(9-15)22-2)23-12-14-3-6-16(19)7-4-14;/h3-9,13,20-21H,10-12H2,1-2H3;1H/p-1. The Labute approximate surface area is 154 Å². The topological polar surface area (TPSA) is 50.7 Å². The molecule has 2 N–H and O–H groups in total. The number of nitrogens with one attached hydrogen (secondary N) is 1. The maximum absolute atomic E-state index is 9.26. The minimum absolute atomic E-state index is 0. The normalized spacial score (nSPS) is 11.5. The number of aliphatic hydroxyl groups excluding tert-OH is 1. The highest BCUT2D eigenvalue weighted by Crippen LogP contribution is 2.29. The van der Waals surface area contributed by atoms with Gasteiger partial charge in [-0.05, 0) is 42.3 Å². The first-order valence-corrected chi connectivity index (χ1v) is 7.89. The molecule has 0 heterocycles. The summed E-state index contributed by atoms with van der Waals surface area (Å²) in [5.74, 6) is 1.39. The first kappa shape index (κ1) is 20.6. The Balaban J connectivity index is 0.00000288. The van der Waals surface area contributed by atoms with E-state index in [1.807, 2.05) is 42.5 Å². The van der Waals surface area contributed by atoms with Crippen molar-refractivity contribution < 1.29 is 27.0 Å². The lowest BCUT2D eigenvalue weighted by molar-refractivity contribution is -0.00000743. The molecule has 0 aliphatic heterocycles. The Morgan fingerprint density at radius 3 is 2.38 bits per heavy atom. The lowest BCUT2D eigenvalue weighted by Crippen LogP contribution is -3.00. The summed E-state index contributed by atoms with van der Waals surface area (Å²) in [6.07, 6.45) is -0.362. The van der Waals surface area contributed by atoms with Crippen LogP contribution in [0.25, 0.3) is 0 Å². The van der Waals surface area contributed by atoms with E-state index in [2.05, 4.69) is 5.32 Å². The molecule has 4 nitrogen and oxygen atoms in total. The number of rotatable bonds is 8. The first-order valence-electron chi connectivity index (χ1n) is 7.51. The van der Waals surface area contributed by atoms with Crippen LogP contribution in [0, 0.1) is 0 Å². The third-order valence-electron chi connectivity index (χ3n) is 3.30. The molecular formula is C18H22Cl2NO3-. The van der Waals surface area contributed by atoms with Crippen LogP contribution in [-0.2, 0) is 13.2 Å². The highest BCUT2D eigenvalue weighted by molar-refractivity contribution is 6.30. The SMILES string of the molecule is COc1cc(CNCC(C)O)ccc1OCc1ccc(Cl)cc1.[Cl-]. The van der Waals surface area contributed by atoms with E-state index in [1.165, 1.54) is 0 Å². The van der Waals surface area contributed by atoms with Crippen molar-refractivity contribution in [3.05, 3.63) is 58.6 Å². The van der Waals surface area contributed by atoms with E-state index in [0.29, 0.717) is 36.2 Å². The lowest BCUT2D eigenvalue weighted by atomic mass is 10.2. The van der Waals surface area contributed by atoms with E-state index in [-0.39, 0.29) is 18.5 Å². The van der Waals surface area contributed by atoms with Crippen molar-refractivity contribution in [1.82, 2.24) is 5.32 Å². The minimum Gasteiger partial charge on any atom is -1.00 e. The Morgan fingerprint density at radius 1 is 1.08 bits per heavy atom. The third kappa shape index (κ3) is 6.57. The predicted octanol–water partition coefficient (Wildman–Crippen LogP) is 0.402. The van der Waals surface area contributed by atoms with Gasteiger partial charge in [-0.15, -0.1) is 0 Å². The van der Waals surface area contributed by atoms with E-state index in [0.717, 1.165) is 11.1 Å². The number of hydrogen-bond donors (Lipinski definition) is 2. The molecule has 1 atom stereocenters. The second kappa shape index (κ2) is 10.4. The zero-order chi connectivity index (χ0) is 16.7. The quantitative estimate of drug-likeness (QED) is 0.706. The molecule has 1 unspecified atom stereocenters. The molecule has 0 spiro atoms. The van der Waals surface area contributed by atoms with Crippen LogP contribution in [-0.4, -0.2) is 24.9 Å².